The smallest absolute Gasteiger partial charge is 0.259 e. The molecule has 2 N–H and O–H groups in total. The average Bonchev–Trinajstić information content (AvgIpc) is 2.65. The number of thiophene rings is 1. The molecule has 1 unspecified atom stereocenters. The van der Waals surface area contributed by atoms with Crippen LogP contribution in [0.1, 0.15) is 23.2 Å². The Morgan fingerprint density at radius 1 is 1.47 bits per heavy atom. The first kappa shape index (κ1) is 14.2. The molecule has 0 aliphatic rings. The van der Waals surface area contributed by atoms with E-state index < -0.39 is 0 Å². The van der Waals surface area contributed by atoms with Crippen molar-refractivity contribution in [1.29, 1.82) is 0 Å². The van der Waals surface area contributed by atoms with Crippen molar-refractivity contribution < 1.29 is 4.74 Å². The molecule has 0 bridgehead atoms. The molecule has 0 spiro atoms. The van der Waals surface area contributed by atoms with E-state index in [-0.39, 0.29) is 11.7 Å². The van der Waals surface area contributed by atoms with E-state index in [1.54, 1.807) is 18.4 Å². The minimum absolute atomic E-state index is 0.0524. The van der Waals surface area contributed by atoms with Crippen LogP contribution in [0.3, 0.4) is 0 Å². The van der Waals surface area contributed by atoms with E-state index in [9.17, 15) is 4.79 Å². The number of rotatable bonds is 5. The number of hydrogen-bond donors (Lipinski definition) is 2. The fourth-order valence-corrected chi connectivity index (χ4v) is 2.91. The van der Waals surface area contributed by atoms with Crippen LogP contribution in [0.25, 0.3) is 10.2 Å². The molecular formula is C13H19N3O2S. The summed E-state index contributed by atoms with van der Waals surface area (Å²) >= 11 is 1.57. The molecule has 2 aromatic heterocycles. The quantitative estimate of drug-likeness (QED) is 0.876. The van der Waals surface area contributed by atoms with Gasteiger partial charge < -0.3 is 15.0 Å². The van der Waals surface area contributed by atoms with Gasteiger partial charge >= 0.3 is 0 Å². The average molecular weight is 281 g/mol. The SMILES string of the molecule is COC(C)CNCc1nc2sc(C)c(C)c2c(=O)[nH]1. The first-order valence-corrected chi connectivity index (χ1v) is 7.07. The third-order valence-electron chi connectivity index (χ3n) is 3.21. The number of aromatic nitrogens is 2. The predicted octanol–water partition coefficient (Wildman–Crippen LogP) is 1.73. The van der Waals surface area contributed by atoms with Crippen molar-refractivity contribution in [3.63, 3.8) is 0 Å². The molecule has 0 radical (unpaired) electrons. The van der Waals surface area contributed by atoms with E-state index in [4.69, 9.17) is 4.74 Å². The molecule has 0 aromatic carbocycles. The number of hydrogen-bond acceptors (Lipinski definition) is 5. The number of ether oxygens (including phenoxy) is 1. The van der Waals surface area contributed by atoms with Crippen LogP contribution in [0.2, 0.25) is 0 Å². The highest BCUT2D eigenvalue weighted by Crippen LogP contribution is 2.25. The number of fused-ring (bicyclic) bond motifs is 1. The third-order valence-corrected chi connectivity index (χ3v) is 4.32. The zero-order chi connectivity index (χ0) is 14.0. The molecule has 104 valence electrons. The van der Waals surface area contributed by atoms with Crippen molar-refractivity contribution in [3.05, 3.63) is 26.6 Å². The van der Waals surface area contributed by atoms with Gasteiger partial charge in [-0.2, -0.15) is 0 Å². The van der Waals surface area contributed by atoms with Gasteiger partial charge in [-0.05, 0) is 26.3 Å². The first-order valence-electron chi connectivity index (χ1n) is 6.25. The Morgan fingerprint density at radius 2 is 2.21 bits per heavy atom. The van der Waals surface area contributed by atoms with E-state index in [1.165, 1.54) is 0 Å². The second kappa shape index (κ2) is 5.81. The molecule has 0 aliphatic heterocycles. The number of H-pyrrole nitrogens is 1. The van der Waals surface area contributed by atoms with Gasteiger partial charge in [-0.25, -0.2) is 4.98 Å². The highest BCUT2D eigenvalue weighted by Gasteiger charge is 2.11. The van der Waals surface area contributed by atoms with Crippen LogP contribution in [0.4, 0.5) is 0 Å². The predicted molar refractivity (Wildman–Crippen MR) is 77.9 cm³/mol. The first-order chi connectivity index (χ1) is 9.02. The van der Waals surface area contributed by atoms with Gasteiger partial charge in [-0.3, -0.25) is 4.79 Å². The second-order valence-electron chi connectivity index (χ2n) is 4.65. The minimum atomic E-state index is -0.0524. The van der Waals surface area contributed by atoms with Crippen LogP contribution in [0, 0.1) is 13.8 Å². The zero-order valence-corrected chi connectivity index (χ0v) is 12.5. The molecule has 2 rings (SSSR count). The highest BCUT2D eigenvalue weighted by atomic mass is 32.1. The molecule has 5 nitrogen and oxygen atoms in total. The van der Waals surface area contributed by atoms with Gasteiger partial charge in [0, 0.05) is 18.5 Å². The van der Waals surface area contributed by atoms with E-state index >= 15 is 0 Å². The number of nitrogens with one attached hydrogen (secondary N) is 2. The van der Waals surface area contributed by atoms with Crippen molar-refractivity contribution in [2.24, 2.45) is 0 Å². The van der Waals surface area contributed by atoms with E-state index in [0.717, 1.165) is 27.2 Å². The molecule has 1 atom stereocenters. The summed E-state index contributed by atoms with van der Waals surface area (Å²) in [7, 11) is 1.68. The van der Waals surface area contributed by atoms with Crippen LogP contribution < -0.4 is 10.9 Å². The molecular weight excluding hydrogens is 262 g/mol. The molecule has 0 aliphatic carbocycles. The highest BCUT2D eigenvalue weighted by molar-refractivity contribution is 7.18. The van der Waals surface area contributed by atoms with Gasteiger partial charge in [-0.1, -0.05) is 0 Å². The van der Waals surface area contributed by atoms with Gasteiger partial charge in [0.2, 0.25) is 0 Å². The molecule has 6 heteroatoms. The summed E-state index contributed by atoms with van der Waals surface area (Å²) in [5.41, 5.74) is 0.977. The Balaban J connectivity index is 2.20. The molecule has 0 saturated heterocycles. The summed E-state index contributed by atoms with van der Waals surface area (Å²) in [6.45, 7) is 7.22. The summed E-state index contributed by atoms with van der Waals surface area (Å²) < 4.78 is 5.15. The molecule has 2 heterocycles. The molecule has 2 aromatic rings. The number of aromatic amines is 1. The summed E-state index contributed by atoms with van der Waals surface area (Å²) in [5, 5.41) is 3.93. The van der Waals surface area contributed by atoms with Crippen molar-refractivity contribution >= 4 is 21.6 Å². The largest absolute Gasteiger partial charge is 0.380 e. The summed E-state index contributed by atoms with van der Waals surface area (Å²) in [4.78, 5) is 21.3. The molecule has 0 fully saturated rings. The third kappa shape index (κ3) is 3.02. The van der Waals surface area contributed by atoms with Crippen molar-refractivity contribution in [1.82, 2.24) is 15.3 Å². The normalized spacial score (nSPS) is 13.1. The fraction of sp³-hybridized carbons (Fsp3) is 0.538. The maximum Gasteiger partial charge on any atom is 0.259 e. The number of nitrogens with zero attached hydrogens (tertiary/aromatic N) is 1. The summed E-state index contributed by atoms with van der Waals surface area (Å²) in [6, 6.07) is 0. The van der Waals surface area contributed by atoms with Crippen molar-refractivity contribution in [3.8, 4) is 0 Å². The van der Waals surface area contributed by atoms with Crippen molar-refractivity contribution in [2.45, 2.75) is 33.4 Å². The maximum atomic E-state index is 12.0. The Hall–Kier alpha value is -1.24. The van der Waals surface area contributed by atoms with E-state index in [1.807, 2.05) is 20.8 Å². The standard InChI is InChI=1S/C13H19N3O2S/c1-7(18-4)5-14-6-10-15-12(17)11-8(2)9(3)19-13(11)16-10/h7,14H,5-6H2,1-4H3,(H,15,16,17). The van der Waals surface area contributed by atoms with Gasteiger partial charge in [0.1, 0.15) is 10.7 Å². The van der Waals surface area contributed by atoms with Gasteiger partial charge in [0.15, 0.2) is 0 Å². The lowest BCUT2D eigenvalue weighted by molar-refractivity contribution is 0.117. The van der Waals surface area contributed by atoms with Crippen LogP contribution in [-0.4, -0.2) is 29.7 Å². The number of aryl methyl sites for hydroxylation is 2. The van der Waals surface area contributed by atoms with Crippen LogP contribution in [0.15, 0.2) is 4.79 Å². The second-order valence-corrected chi connectivity index (χ2v) is 5.86. The Morgan fingerprint density at radius 3 is 2.89 bits per heavy atom. The molecule has 19 heavy (non-hydrogen) atoms. The van der Waals surface area contributed by atoms with Crippen LogP contribution in [-0.2, 0) is 11.3 Å². The van der Waals surface area contributed by atoms with Gasteiger partial charge in [0.05, 0.1) is 18.0 Å². The summed E-state index contributed by atoms with van der Waals surface area (Å²) in [5.74, 6) is 0.669. The van der Waals surface area contributed by atoms with E-state index in [0.29, 0.717) is 12.4 Å². The lowest BCUT2D eigenvalue weighted by Gasteiger charge is -2.10. The summed E-state index contributed by atoms with van der Waals surface area (Å²) in [6.07, 6.45) is 0.140. The van der Waals surface area contributed by atoms with Gasteiger partial charge in [-0.15, -0.1) is 11.3 Å². The topological polar surface area (TPSA) is 67.0 Å². The van der Waals surface area contributed by atoms with Gasteiger partial charge in [0.25, 0.3) is 5.56 Å². The maximum absolute atomic E-state index is 12.0. The monoisotopic (exact) mass is 281 g/mol. The Kier molecular flexibility index (Phi) is 4.34. The lowest BCUT2D eigenvalue weighted by Crippen LogP contribution is -2.27. The Labute approximate surface area is 116 Å². The molecule has 0 amide bonds. The fourth-order valence-electron chi connectivity index (χ4n) is 1.86. The van der Waals surface area contributed by atoms with Crippen molar-refractivity contribution in [2.75, 3.05) is 13.7 Å². The van der Waals surface area contributed by atoms with Crippen LogP contribution >= 0.6 is 11.3 Å². The zero-order valence-electron chi connectivity index (χ0n) is 11.7. The Bertz CT molecular complexity index is 633. The molecule has 0 saturated carbocycles. The van der Waals surface area contributed by atoms with E-state index in [2.05, 4.69) is 15.3 Å². The number of methoxy groups -OCH3 is 1. The van der Waals surface area contributed by atoms with Crippen LogP contribution in [0.5, 0.6) is 0 Å². The lowest BCUT2D eigenvalue weighted by atomic mass is 10.2. The minimum Gasteiger partial charge on any atom is -0.380 e.